The van der Waals surface area contributed by atoms with Crippen LogP contribution in [0.1, 0.15) is 16.4 Å². The number of benzene rings is 1. The molecule has 23 heavy (non-hydrogen) atoms. The number of carbonyl (C=O) groups excluding carboxylic acids is 1. The van der Waals surface area contributed by atoms with E-state index in [2.05, 4.69) is 15.4 Å². The van der Waals surface area contributed by atoms with Gasteiger partial charge in [0.15, 0.2) is 0 Å². The Labute approximate surface area is 137 Å². The molecule has 1 atom stereocenters. The third-order valence-corrected chi connectivity index (χ3v) is 5.00. The number of hydrogen-bond acceptors (Lipinski definition) is 4. The van der Waals surface area contributed by atoms with E-state index in [1.807, 2.05) is 54.9 Å². The van der Waals surface area contributed by atoms with Crippen LogP contribution in [-0.4, -0.2) is 26.4 Å². The van der Waals surface area contributed by atoms with Crippen LogP contribution in [0.3, 0.4) is 0 Å². The second-order valence-electron chi connectivity index (χ2n) is 5.22. The molecule has 1 aliphatic rings. The standard InChI is InChI=1S/C17H14N4OS/c22-15-11-23-16(12-5-4-8-18-9-12)14-10-19-21(17(14)20-15)13-6-2-1-3-7-13/h1-10,16H,11H2,(H,20,22). The summed E-state index contributed by atoms with van der Waals surface area (Å²) >= 11 is 1.59. The Morgan fingerprint density at radius 2 is 2.00 bits per heavy atom. The van der Waals surface area contributed by atoms with E-state index in [0.29, 0.717) is 5.75 Å². The lowest BCUT2D eigenvalue weighted by Crippen LogP contribution is -2.15. The molecule has 1 unspecified atom stereocenters. The van der Waals surface area contributed by atoms with E-state index in [0.717, 1.165) is 22.6 Å². The second-order valence-corrected chi connectivity index (χ2v) is 6.31. The van der Waals surface area contributed by atoms with Gasteiger partial charge in [-0.25, -0.2) is 4.68 Å². The molecule has 5 nitrogen and oxygen atoms in total. The average Bonchev–Trinajstić information content (AvgIpc) is 2.92. The van der Waals surface area contributed by atoms with Gasteiger partial charge in [0.25, 0.3) is 0 Å². The van der Waals surface area contributed by atoms with E-state index >= 15 is 0 Å². The summed E-state index contributed by atoms with van der Waals surface area (Å²) in [6.45, 7) is 0. The lowest BCUT2D eigenvalue weighted by molar-refractivity contribution is -0.113. The number of fused-ring (bicyclic) bond motifs is 1. The molecule has 6 heteroatoms. The van der Waals surface area contributed by atoms with E-state index < -0.39 is 0 Å². The Morgan fingerprint density at radius 1 is 1.13 bits per heavy atom. The van der Waals surface area contributed by atoms with Crippen LogP contribution in [0.25, 0.3) is 5.69 Å². The topological polar surface area (TPSA) is 59.8 Å². The number of para-hydroxylation sites is 1. The summed E-state index contributed by atoms with van der Waals surface area (Å²) in [6.07, 6.45) is 5.43. The van der Waals surface area contributed by atoms with Crippen molar-refractivity contribution in [2.75, 3.05) is 11.1 Å². The average molecular weight is 322 g/mol. The van der Waals surface area contributed by atoms with Crippen molar-refractivity contribution in [2.45, 2.75) is 5.25 Å². The molecule has 1 N–H and O–H groups in total. The summed E-state index contributed by atoms with van der Waals surface area (Å²) in [5, 5.41) is 7.51. The molecular weight excluding hydrogens is 308 g/mol. The van der Waals surface area contributed by atoms with Crippen molar-refractivity contribution < 1.29 is 4.79 Å². The largest absolute Gasteiger partial charge is 0.310 e. The first-order valence-electron chi connectivity index (χ1n) is 7.27. The van der Waals surface area contributed by atoms with Crippen molar-refractivity contribution in [1.29, 1.82) is 0 Å². The maximum Gasteiger partial charge on any atom is 0.235 e. The van der Waals surface area contributed by atoms with Gasteiger partial charge >= 0.3 is 0 Å². The zero-order valence-electron chi connectivity index (χ0n) is 12.2. The van der Waals surface area contributed by atoms with Gasteiger partial charge in [0, 0.05) is 18.0 Å². The number of aromatic nitrogens is 3. The minimum absolute atomic E-state index is 0.0136. The Hall–Kier alpha value is -2.60. The number of thioether (sulfide) groups is 1. The molecule has 0 spiro atoms. The smallest absolute Gasteiger partial charge is 0.235 e. The van der Waals surface area contributed by atoms with Crippen LogP contribution in [-0.2, 0) is 4.79 Å². The van der Waals surface area contributed by atoms with Crippen LogP contribution >= 0.6 is 11.8 Å². The highest BCUT2D eigenvalue weighted by atomic mass is 32.2. The van der Waals surface area contributed by atoms with Gasteiger partial charge in [0.1, 0.15) is 5.82 Å². The summed E-state index contributed by atoms with van der Waals surface area (Å²) in [6, 6.07) is 13.7. The first-order chi connectivity index (χ1) is 11.3. The fourth-order valence-corrected chi connectivity index (χ4v) is 3.74. The monoisotopic (exact) mass is 322 g/mol. The van der Waals surface area contributed by atoms with E-state index in [9.17, 15) is 4.79 Å². The highest BCUT2D eigenvalue weighted by Crippen LogP contribution is 2.41. The lowest BCUT2D eigenvalue weighted by atomic mass is 10.1. The zero-order valence-corrected chi connectivity index (χ0v) is 13.0. The van der Waals surface area contributed by atoms with Gasteiger partial charge in [-0.1, -0.05) is 24.3 Å². The van der Waals surface area contributed by atoms with Crippen molar-refractivity contribution in [3.8, 4) is 5.69 Å². The predicted octanol–water partition coefficient (Wildman–Crippen LogP) is 3.04. The number of hydrogen-bond donors (Lipinski definition) is 1. The molecule has 0 saturated carbocycles. The Balaban J connectivity index is 1.84. The van der Waals surface area contributed by atoms with Gasteiger partial charge < -0.3 is 5.32 Å². The van der Waals surface area contributed by atoms with Crippen LogP contribution in [0.4, 0.5) is 5.82 Å². The number of anilines is 1. The number of pyridine rings is 1. The second kappa shape index (κ2) is 5.89. The summed E-state index contributed by atoms with van der Waals surface area (Å²) in [7, 11) is 0. The van der Waals surface area contributed by atoms with Crippen molar-refractivity contribution in [1.82, 2.24) is 14.8 Å². The Bertz CT molecular complexity index is 832. The van der Waals surface area contributed by atoms with Gasteiger partial charge in [-0.2, -0.15) is 5.10 Å². The summed E-state index contributed by atoms with van der Waals surface area (Å²) in [5.41, 5.74) is 2.99. The van der Waals surface area contributed by atoms with Crippen molar-refractivity contribution in [3.05, 3.63) is 72.2 Å². The fraction of sp³-hybridized carbons (Fsp3) is 0.118. The SMILES string of the molecule is O=C1CSC(c2cccnc2)c2cnn(-c3ccccc3)c2N1. The van der Waals surface area contributed by atoms with E-state index in [1.165, 1.54) is 0 Å². The molecule has 0 bridgehead atoms. The molecule has 2 aromatic heterocycles. The maximum atomic E-state index is 12.1. The number of amides is 1. The lowest BCUT2D eigenvalue weighted by Gasteiger charge is -2.13. The molecule has 0 saturated heterocycles. The number of nitrogens with zero attached hydrogens (tertiary/aromatic N) is 3. The minimum atomic E-state index is -0.0136. The predicted molar refractivity (Wildman–Crippen MR) is 90.7 cm³/mol. The molecule has 1 aromatic carbocycles. The van der Waals surface area contributed by atoms with E-state index in [1.54, 1.807) is 22.6 Å². The van der Waals surface area contributed by atoms with Crippen LogP contribution in [0.2, 0.25) is 0 Å². The van der Waals surface area contributed by atoms with Gasteiger partial charge in [-0.05, 0) is 23.8 Å². The quantitative estimate of drug-likeness (QED) is 0.788. The van der Waals surface area contributed by atoms with Crippen LogP contribution in [0.5, 0.6) is 0 Å². The van der Waals surface area contributed by atoms with Crippen LogP contribution < -0.4 is 5.32 Å². The van der Waals surface area contributed by atoms with Gasteiger partial charge in [-0.3, -0.25) is 9.78 Å². The molecule has 4 rings (SSSR count). The molecule has 1 amide bonds. The first-order valence-corrected chi connectivity index (χ1v) is 8.32. The number of rotatable bonds is 2. The maximum absolute atomic E-state index is 12.1. The number of nitrogens with one attached hydrogen (secondary N) is 1. The summed E-state index contributed by atoms with van der Waals surface area (Å²) in [5.74, 6) is 1.13. The molecule has 114 valence electrons. The Morgan fingerprint density at radius 3 is 2.78 bits per heavy atom. The fourth-order valence-electron chi connectivity index (χ4n) is 2.67. The van der Waals surface area contributed by atoms with Crippen molar-refractivity contribution in [3.63, 3.8) is 0 Å². The van der Waals surface area contributed by atoms with Crippen LogP contribution in [0.15, 0.2) is 61.1 Å². The summed E-state index contributed by atoms with van der Waals surface area (Å²) < 4.78 is 1.78. The van der Waals surface area contributed by atoms with Crippen molar-refractivity contribution in [2.24, 2.45) is 0 Å². The Kier molecular flexibility index (Phi) is 3.59. The molecule has 3 heterocycles. The molecule has 0 radical (unpaired) electrons. The van der Waals surface area contributed by atoms with Crippen molar-refractivity contribution >= 4 is 23.5 Å². The highest BCUT2D eigenvalue weighted by molar-refractivity contribution is 8.00. The van der Waals surface area contributed by atoms with Gasteiger partial charge in [-0.15, -0.1) is 11.8 Å². The first kappa shape index (κ1) is 14.0. The highest BCUT2D eigenvalue weighted by Gasteiger charge is 2.28. The number of carbonyl (C=O) groups is 1. The summed E-state index contributed by atoms with van der Waals surface area (Å²) in [4.78, 5) is 16.3. The third-order valence-electron chi connectivity index (χ3n) is 3.71. The van der Waals surface area contributed by atoms with Gasteiger partial charge in [0.05, 0.1) is 22.9 Å². The minimum Gasteiger partial charge on any atom is -0.310 e. The van der Waals surface area contributed by atoms with Gasteiger partial charge in [0.2, 0.25) is 5.91 Å². The van der Waals surface area contributed by atoms with E-state index in [4.69, 9.17) is 0 Å². The molecule has 3 aromatic rings. The molecular formula is C17H14N4OS. The zero-order chi connectivity index (χ0) is 15.6. The molecule has 1 aliphatic heterocycles. The molecule has 0 aliphatic carbocycles. The molecule has 0 fully saturated rings. The normalized spacial score (nSPS) is 17.2. The van der Waals surface area contributed by atoms with Crippen LogP contribution in [0, 0.1) is 0 Å². The van der Waals surface area contributed by atoms with E-state index in [-0.39, 0.29) is 11.2 Å². The third kappa shape index (κ3) is 2.61.